The van der Waals surface area contributed by atoms with Crippen molar-refractivity contribution in [2.75, 3.05) is 10.6 Å². The van der Waals surface area contributed by atoms with Gasteiger partial charge in [0.1, 0.15) is 5.82 Å². The largest absolute Gasteiger partial charge is 0.365 e. The van der Waals surface area contributed by atoms with Crippen molar-refractivity contribution in [2.45, 2.75) is 20.4 Å². The van der Waals surface area contributed by atoms with E-state index in [1.165, 1.54) is 11.1 Å². The molecule has 0 aliphatic carbocycles. The van der Waals surface area contributed by atoms with Gasteiger partial charge in [0, 0.05) is 22.6 Å². The Balaban J connectivity index is 1.66. The van der Waals surface area contributed by atoms with Crippen LogP contribution in [0.1, 0.15) is 16.7 Å². The Morgan fingerprint density at radius 2 is 1.68 bits per heavy atom. The molecule has 28 heavy (non-hydrogen) atoms. The van der Waals surface area contributed by atoms with Gasteiger partial charge in [0.2, 0.25) is 5.95 Å². The second kappa shape index (κ2) is 7.87. The Kier molecular flexibility index (Phi) is 5.13. The van der Waals surface area contributed by atoms with E-state index >= 15 is 0 Å². The van der Waals surface area contributed by atoms with Crippen LogP contribution >= 0.6 is 11.6 Å². The number of hydrogen-bond acceptors (Lipinski definition) is 4. The summed E-state index contributed by atoms with van der Waals surface area (Å²) in [6.45, 7) is 4.80. The molecule has 0 radical (unpaired) electrons. The topological polar surface area (TPSA) is 49.8 Å². The molecule has 0 saturated heterocycles. The average Bonchev–Trinajstić information content (AvgIpc) is 2.70. The Labute approximate surface area is 169 Å². The molecule has 0 unspecified atom stereocenters. The van der Waals surface area contributed by atoms with Crippen molar-refractivity contribution in [3.8, 4) is 0 Å². The molecule has 4 aromatic rings. The summed E-state index contributed by atoms with van der Waals surface area (Å²) in [5.74, 6) is 1.34. The van der Waals surface area contributed by atoms with Gasteiger partial charge >= 0.3 is 0 Å². The zero-order valence-electron chi connectivity index (χ0n) is 15.8. The highest BCUT2D eigenvalue weighted by Crippen LogP contribution is 2.26. The molecule has 0 spiro atoms. The number of halogens is 1. The SMILES string of the molecule is Cc1ccc(CNc2nc(Nc3cc(Cl)ccc3C)nc3ccccc23)cc1. The van der Waals surface area contributed by atoms with Gasteiger partial charge in [-0.25, -0.2) is 4.98 Å². The van der Waals surface area contributed by atoms with E-state index in [-0.39, 0.29) is 0 Å². The summed E-state index contributed by atoms with van der Waals surface area (Å²) in [6.07, 6.45) is 0. The van der Waals surface area contributed by atoms with Crippen molar-refractivity contribution in [1.29, 1.82) is 0 Å². The summed E-state index contributed by atoms with van der Waals surface area (Å²) in [4.78, 5) is 9.39. The van der Waals surface area contributed by atoms with Gasteiger partial charge in [-0.15, -0.1) is 0 Å². The molecule has 0 aliphatic rings. The first-order valence-corrected chi connectivity index (χ1v) is 9.56. The van der Waals surface area contributed by atoms with Crippen molar-refractivity contribution in [1.82, 2.24) is 9.97 Å². The minimum atomic E-state index is 0.537. The number of aryl methyl sites for hydroxylation is 2. The molecule has 3 aromatic carbocycles. The van der Waals surface area contributed by atoms with Crippen LogP contribution in [-0.4, -0.2) is 9.97 Å². The first kappa shape index (κ1) is 18.3. The molecule has 0 atom stereocenters. The Morgan fingerprint density at radius 3 is 2.50 bits per heavy atom. The lowest BCUT2D eigenvalue weighted by molar-refractivity contribution is 1.10. The van der Waals surface area contributed by atoms with Crippen molar-refractivity contribution >= 4 is 40.0 Å². The van der Waals surface area contributed by atoms with E-state index in [1.807, 2.05) is 49.4 Å². The maximum Gasteiger partial charge on any atom is 0.229 e. The molecule has 0 aliphatic heterocycles. The molecule has 0 fully saturated rings. The number of nitrogens with zero attached hydrogens (tertiary/aromatic N) is 2. The van der Waals surface area contributed by atoms with E-state index in [0.29, 0.717) is 17.5 Å². The third-order valence-corrected chi connectivity index (χ3v) is 4.86. The van der Waals surface area contributed by atoms with Crippen LogP contribution in [0.25, 0.3) is 10.9 Å². The molecule has 4 nitrogen and oxygen atoms in total. The summed E-state index contributed by atoms with van der Waals surface area (Å²) in [7, 11) is 0. The summed E-state index contributed by atoms with van der Waals surface area (Å²) in [5.41, 5.74) is 5.31. The lowest BCUT2D eigenvalue weighted by atomic mass is 10.1. The molecule has 2 N–H and O–H groups in total. The maximum absolute atomic E-state index is 6.14. The number of benzene rings is 3. The monoisotopic (exact) mass is 388 g/mol. The molecule has 1 heterocycles. The van der Waals surface area contributed by atoms with Crippen molar-refractivity contribution in [2.24, 2.45) is 0 Å². The fraction of sp³-hybridized carbons (Fsp3) is 0.130. The highest BCUT2D eigenvalue weighted by molar-refractivity contribution is 6.30. The normalized spacial score (nSPS) is 10.8. The second-order valence-corrected chi connectivity index (χ2v) is 7.27. The van der Waals surface area contributed by atoms with Crippen LogP contribution < -0.4 is 10.6 Å². The molecular formula is C23H21ClN4. The quantitative estimate of drug-likeness (QED) is 0.424. The lowest BCUT2D eigenvalue weighted by Crippen LogP contribution is -2.06. The van der Waals surface area contributed by atoms with Crippen molar-refractivity contribution in [3.05, 3.63) is 88.4 Å². The second-order valence-electron chi connectivity index (χ2n) is 6.84. The van der Waals surface area contributed by atoms with Crippen LogP contribution in [0.4, 0.5) is 17.5 Å². The smallest absolute Gasteiger partial charge is 0.229 e. The third-order valence-electron chi connectivity index (χ3n) is 4.63. The standard InChI is InChI=1S/C23H21ClN4/c1-15-7-10-17(11-8-15)14-25-22-19-5-3-4-6-20(19)26-23(28-22)27-21-13-18(24)12-9-16(21)2/h3-13H,14H2,1-2H3,(H2,25,26,27,28). The van der Waals surface area contributed by atoms with Gasteiger partial charge in [-0.2, -0.15) is 4.98 Å². The lowest BCUT2D eigenvalue weighted by Gasteiger charge is -2.13. The molecule has 0 amide bonds. The van der Waals surface area contributed by atoms with E-state index in [1.54, 1.807) is 0 Å². The fourth-order valence-corrected chi connectivity index (χ4v) is 3.18. The van der Waals surface area contributed by atoms with E-state index in [2.05, 4.69) is 46.8 Å². The summed E-state index contributed by atoms with van der Waals surface area (Å²) >= 11 is 6.14. The van der Waals surface area contributed by atoms with Crippen LogP contribution in [0.15, 0.2) is 66.7 Å². The summed E-state index contributed by atoms with van der Waals surface area (Å²) in [6, 6.07) is 22.2. The predicted molar refractivity (Wildman–Crippen MR) is 118 cm³/mol. The Morgan fingerprint density at radius 1 is 0.893 bits per heavy atom. The molecule has 140 valence electrons. The van der Waals surface area contributed by atoms with E-state index < -0.39 is 0 Å². The van der Waals surface area contributed by atoms with E-state index in [9.17, 15) is 0 Å². The van der Waals surface area contributed by atoms with Crippen LogP contribution in [0.5, 0.6) is 0 Å². The molecule has 1 aromatic heterocycles. The first-order chi connectivity index (χ1) is 13.6. The number of anilines is 3. The number of fused-ring (bicyclic) bond motifs is 1. The Hall–Kier alpha value is -3.11. The number of nitrogens with one attached hydrogen (secondary N) is 2. The van der Waals surface area contributed by atoms with Gasteiger partial charge in [0.25, 0.3) is 0 Å². The zero-order chi connectivity index (χ0) is 19.5. The van der Waals surface area contributed by atoms with Crippen LogP contribution in [0, 0.1) is 13.8 Å². The molecule has 5 heteroatoms. The van der Waals surface area contributed by atoms with Crippen molar-refractivity contribution < 1.29 is 0 Å². The Bertz CT molecular complexity index is 1120. The number of aromatic nitrogens is 2. The maximum atomic E-state index is 6.14. The average molecular weight is 389 g/mol. The van der Waals surface area contributed by atoms with Gasteiger partial charge in [0.05, 0.1) is 5.52 Å². The summed E-state index contributed by atoms with van der Waals surface area (Å²) < 4.78 is 0. The highest BCUT2D eigenvalue weighted by Gasteiger charge is 2.09. The minimum Gasteiger partial charge on any atom is -0.365 e. The number of hydrogen-bond donors (Lipinski definition) is 2. The van der Waals surface area contributed by atoms with Crippen LogP contribution in [0.3, 0.4) is 0 Å². The van der Waals surface area contributed by atoms with Gasteiger partial charge < -0.3 is 10.6 Å². The number of rotatable bonds is 5. The fourth-order valence-electron chi connectivity index (χ4n) is 3.01. The minimum absolute atomic E-state index is 0.537. The van der Waals surface area contributed by atoms with Gasteiger partial charge in [-0.05, 0) is 49.2 Å². The van der Waals surface area contributed by atoms with Gasteiger partial charge in [0.15, 0.2) is 0 Å². The van der Waals surface area contributed by atoms with Crippen LogP contribution in [-0.2, 0) is 6.54 Å². The van der Waals surface area contributed by atoms with Gasteiger partial charge in [-0.3, -0.25) is 0 Å². The number of para-hydroxylation sites is 1. The van der Waals surface area contributed by atoms with Gasteiger partial charge in [-0.1, -0.05) is 59.6 Å². The first-order valence-electron chi connectivity index (χ1n) is 9.18. The van der Waals surface area contributed by atoms with Crippen LogP contribution in [0.2, 0.25) is 5.02 Å². The molecule has 0 saturated carbocycles. The molecule has 0 bridgehead atoms. The zero-order valence-corrected chi connectivity index (χ0v) is 16.6. The molecular weight excluding hydrogens is 368 g/mol. The highest BCUT2D eigenvalue weighted by atomic mass is 35.5. The van der Waals surface area contributed by atoms with E-state index in [4.69, 9.17) is 16.6 Å². The third kappa shape index (κ3) is 4.07. The summed E-state index contributed by atoms with van der Waals surface area (Å²) in [5, 5.41) is 8.42. The molecule has 4 rings (SSSR count). The van der Waals surface area contributed by atoms with Crippen molar-refractivity contribution in [3.63, 3.8) is 0 Å². The van der Waals surface area contributed by atoms with E-state index in [0.717, 1.165) is 28.0 Å². The predicted octanol–water partition coefficient (Wildman–Crippen LogP) is 6.26.